The molecule has 0 heterocycles. The molecule has 0 radical (unpaired) electrons. The molecule has 0 saturated heterocycles. The van der Waals surface area contributed by atoms with Crippen molar-refractivity contribution in [2.75, 3.05) is 0 Å². The van der Waals surface area contributed by atoms with Gasteiger partial charge in [-0.05, 0) is 17.6 Å². The highest BCUT2D eigenvalue weighted by molar-refractivity contribution is 9.08. The molecule has 1 aromatic rings. The maximum atomic E-state index is 13.0. The molecule has 0 amide bonds. The lowest BCUT2D eigenvalue weighted by atomic mass is 10.2. The van der Waals surface area contributed by atoms with Crippen molar-refractivity contribution in [2.45, 2.75) is 5.33 Å². The van der Waals surface area contributed by atoms with Crippen LogP contribution >= 0.6 is 15.9 Å². The minimum Gasteiger partial charge on any atom is -0.207 e. The summed E-state index contributed by atoms with van der Waals surface area (Å²) in [5.41, 5.74) is 0.110. The third-order valence-corrected chi connectivity index (χ3v) is 1.34. The summed E-state index contributed by atoms with van der Waals surface area (Å²) in [5.74, 6) is -1.03. The Morgan fingerprint density at radius 2 is 2.44 bits per heavy atom. The van der Waals surface area contributed by atoms with Gasteiger partial charge < -0.3 is 0 Å². The molecule has 0 aliphatic rings. The number of benzene rings is 1. The highest BCUT2D eigenvalue weighted by Crippen LogP contribution is 2.06. The first kappa shape index (κ1) is 3.15. The monoisotopic (exact) mass is 192 g/mol. The van der Waals surface area contributed by atoms with E-state index in [-0.39, 0.29) is 16.9 Å². The molecule has 1 rings (SSSR count). The molecule has 0 bridgehead atoms. The molecule has 0 spiro atoms. The van der Waals surface area contributed by atoms with Gasteiger partial charge in [-0.15, -0.1) is 0 Å². The van der Waals surface area contributed by atoms with Crippen molar-refractivity contribution in [2.24, 2.45) is 0 Å². The smallest absolute Gasteiger partial charge is 0.123 e. The second-order valence-corrected chi connectivity index (χ2v) is 1.99. The van der Waals surface area contributed by atoms with Crippen molar-refractivity contribution >= 4 is 15.9 Å². The third-order valence-electron chi connectivity index (χ3n) is 0.780. The Morgan fingerprint density at radius 3 is 3.11 bits per heavy atom. The maximum Gasteiger partial charge on any atom is 0.123 e. The fourth-order valence-electron chi connectivity index (χ4n) is 0.423. The lowest BCUT2D eigenvalue weighted by Crippen LogP contribution is -1.77. The first-order chi connectivity index (χ1) is 6.00. The van der Waals surface area contributed by atoms with Crippen LogP contribution in [0.3, 0.4) is 0 Å². The number of hydrogen-bond acceptors (Lipinski definition) is 0. The molecule has 0 nitrogen and oxygen atoms in total. The Kier molecular flexibility index (Phi) is 1.04. The van der Waals surface area contributed by atoms with Crippen LogP contribution in [0.2, 0.25) is 0 Å². The van der Waals surface area contributed by atoms with Gasteiger partial charge in [0.2, 0.25) is 0 Å². The Labute approximate surface area is 67.4 Å². The number of hydrogen-bond donors (Lipinski definition) is 0. The summed E-state index contributed by atoms with van der Waals surface area (Å²) in [7, 11) is 0. The summed E-state index contributed by atoms with van der Waals surface area (Å²) in [6.07, 6.45) is 0. The second-order valence-electron chi connectivity index (χ2n) is 1.43. The van der Waals surface area contributed by atoms with E-state index in [4.69, 9.17) is 5.48 Å². The quantitative estimate of drug-likeness (QED) is 0.601. The van der Waals surface area contributed by atoms with Crippen molar-refractivity contribution in [3.8, 4) is 0 Å². The summed E-state index contributed by atoms with van der Waals surface area (Å²) in [4.78, 5) is 0. The molecule has 0 unspecified atom stereocenters. The Morgan fingerprint density at radius 1 is 1.67 bits per heavy atom. The normalized spacial score (nSPS) is 15.8. The van der Waals surface area contributed by atoms with E-state index < -0.39 is 23.9 Å². The Hall–Kier alpha value is -0.370. The predicted octanol–water partition coefficient (Wildman–Crippen LogP) is 2.72. The molecule has 48 valence electrons. The molecule has 0 atom stereocenters. The van der Waals surface area contributed by atoms with E-state index in [9.17, 15) is 4.39 Å². The Balaban J connectivity index is 3.56. The molecule has 0 N–H and O–H groups in total. The fourth-order valence-corrected chi connectivity index (χ4v) is 0.704. The third kappa shape index (κ3) is 1.79. The average Bonchev–Trinajstić information content (AvgIpc) is 2.13. The van der Waals surface area contributed by atoms with E-state index in [0.717, 1.165) is 0 Å². The molecule has 2 heteroatoms. The molecular weight excluding hydrogens is 183 g/mol. The lowest BCUT2D eigenvalue weighted by molar-refractivity contribution is 0.626. The molecule has 1 aromatic carbocycles. The SMILES string of the molecule is [2H]c1c([2H])c(F)c([2H])c(CBr)c1[2H]. The first-order valence-corrected chi connectivity index (χ1v) is 3.43. The zero-order valence-electron chi connectivity index (χ0n) is 8.46. The van der Waals surface area contributed by atoms with Crippen LogP contribution in [-0.4, -0.2) is 0 Å². The van der Waals surface area contributed by atoms with E-state index in [2.05, 4.69) is 15.9 Å². The van der Waals surface area contributed by atoms with Crippen molar-refractivity contribution in [1.82, 2.24) is 0 Å². The van der Waals surface area contributed by atoms with Crippen LogP contribution < -0.4 is 0 Å². The average molecular weight is 193 g/mol. The van der Waals surface area contributed by atoms with Crippen LogP contribution in [0.1, 0.15) is 11.0 Å². The van der Waals surface area contributed by atoms with E-state index >= 15 is 0 Å². The number of halogens is 2. The standard InChI is InChI=1S/C7H6BrF/c8-5-6-2-1-3-7(9)4-6/h1-4H,5H2/i1D,2D,3D,4D. The second kappa shape index (κ2) is 2.97. The Bertz CT molecular complexity index is 324. The number of rotatable bonds is 1. The van der Waals surface area contributed by atoms with Crippen LogP contribution in [0.5, 0.6) is 0 Å². The predicted molar refractivity (Wildman–Crippen MR) is 39.0 cm³/mol. The van der Waals surface area contributed by atoms with Crippen LogP contribution in [-0.2, 0) is 5.33 Å². The maximum absolute atomic E-state index is 13.0. The molecule has 0 aliphatic heterocycles. The molecule has 0 aliphatic carbocycles. The van der Waals surface area contributed by atoms with Gasteiger partial charge in [0.25, 0.3) is 0 Å². The van der Waals surface area contributed by atoms with Gasteiger partial charge in [-0.3, -0.25) is 0 Å². The first-order valence-electron chi connectivity index (χ1n) is 4.31. The highest BCUT2D eigenvalue weighted by atomic mass is 79.9. The van der Waals surface area contributed by atoms with Gasteiger partial charge in [-0.1, -0.05) is 28.0 Å². The molecular formula is C7H6BrF. The fraction of sp³-hybridized carbons (Fsp3) is 0.143. The summed E-state index contributed by atoms with van der Waals surface area (Å²) in [5, 5.41) is 0.147. The minimum absolute atomic E-state index is 0.110. The molecule has 0 aromatic heterocycles. The van der Waals surface area contributed by atoms with Gasteiger partial charge in [0.05, 0.1) is 5.48 Å². The molecule has 9 heavy (non-hydrogen) atoms. The van der Waals surface area contributed by atoms with Gasteiger partial charge >= 0.3 is 0 Å². The van der Waals surface area contributed by atoms with E-state index in [1.165, 1.54) is 0 Å². The zero-order valence-corrected chi connectivity index (χ0v) is 6.05. The van der Waals surface area contributed by atoms with Crippen LogP contribution in [0.15, 0.2) is 24.2 Å². The largest absolute Gasteiger partial charge is 0.207 e. The van der Waals surface area contributed by atoms with Crippen LogP contribution in [0.4, 0.5) is 4.39 Å². The van der Waals surface area contributed by atoms with Gasteiger partial charge in [0, 0.05) is 5.33 Å². The lowest BCUT2D eigenvalue weighted by Gasteiger charge is -1.91. The van der Waals surface area contributed by atoms with Gasteiger partial charge in [-0.25, -0.2) is 4.39 Å². The summed E-state index contributed by atoms with van der Waals surface area (Å²) < 4.78 is 41.9. The van der Waals surface area contributed by atoms with Crippen LogP contribution in [0, 0.1) is 5.82 Å². The minimum atomic E-state index is -1.03. The summed E-state index contributed by atoms with van der Waals surface area (Å²) in [6, 6.07) is -1.88. The van der Waals surface area contributed by atoms with E-state index in [0.29, 0.717) is 0 Å². The van der Waals surface area contributed by atoms with Crippen molar-refractivity contribution in [3.05, 3.63) is 35.6 Å². The topological polar surface area (TPSA) is 0 Å². The summed E-state index contributed by atoms with van der Waals surface area (Å²) >= 11 is 3.00. The van der Waals surface area contributed by atoms with E-state index in [1.807, 2.05) is 0 Å². The van der Waals surface area contributed by atoms with Crippen molar-refractivity contribution < 1.29 is 9.87 Å². The van der Waals surface area contributed by atoms with Crippen molar-refractivity contribution in [3.63, 3.8) is 0 Å². The van der Waals surface area contributed by atoms with Gasteiger partial charge in [0.15, 0.2) is 0 Å². The van der Waals surface area contributed by atoms with Crippen LogP contribution in [0.25, 0.3) is 0 Å². The number of alkyl halides is 1. The molecule has 0 fully saturated rings. The summed E-state index contributed by atoms with van der Waals surface area (Å²) in [6.45, 7) is 0. The zero-order chi connectivity index (χ0) is 10.2. The molecule has 0 saturated carbocycles. The van der Waals surface area contributed by atoms with Crippen molar-refractivity contribution in [1.29, 1.82) is 0 Å². The highest BCUT2D eigenvalue weighted by Gasteiger charge is 1.89. The van der Waals surface area contributed by atoms with Gasteiger partial charge in [-0.2, -0.15) is 0 Å². The van der Waals surface area contributed by atoms with E-state index in [1.54, 1.807) is 0 Å². The van der Waals surface area contributed by atoms with Gasteiger partial charge in [0.1, 0.15) is 5.82 Å².